The summed E-state index contributed by atoms with van der Waals surface area (Å²) in [5, 5.41) is 0. The summed E-state index contributed by atoms with van der Waals surface area (Å²) < 4.78 is 75.9. The molecule has 0 unspecified atom stereocenters. The number of hydrogen-bond acceptors (Lipinski definition) is 5. The summed E-state index contributed by atoms with van der Waals surface area (Å²) in [5.74, 6) is -2.49. The van der Waals surface area contributed by atoms with Gasteiger partial charge in [0.1, 0.15) is 17.4 Å². The van der Waals surface area contributed by atoms with Crippen LogP contribution in [0.5, 0.6) is 5.75 Å². The molecule has 0 spiro atoms. The van der Waals surface area contributed by atoms with Crippen molar-refractivity contribution in [2.75, 3.05) is 26.4 Å². The highest BCUT2D eigenvalue weighted by Crippen LogP contribution is 2.32. The second-order valence-corrected chi connectivity index (χ2v) is 6.55. The van der Waals surface area contributed by atoms with Crippen LogP contribution in [0.1, 0.15) is 30.9 Å². The van der Waals surface area contributed by atoms with Crippen molar-refractivity contribution >= 4 is 0 Å². The fraction of sp³-hybridized carbons (Fsp3) is 0.450. The molecule has 0 saturated carbocycles. The van der Waals surface area contributed by atoms with Gasteiger partial charge >= 0.3 is 6.11 Å². The molecular weight excluding hydrogens is 394 g/mol. The summed E-state index contributed by atoms with van der Waals surface area (Å²) in [7, 11) is 0. The summed E-state index contributed by atoms with van der Waals surface area (Å²) in [4.78, 5) is 3.70. The van der Waals surface area contributed by atoms with Crippen LogP contribution in [0.4, 0.5) is 17.6 Å². The number of nitrogens with zero attached hydrogens (tertiary/aromatic N) is 1. The highest BCUT2D eigenvalue weighted by atomic mass is 19.3. The molecule has 1 aliphatic heterocycles. The molecule has 2 heterocycles. The van der Waals surface area contributed by atoms with Crippen LogP contribution in [0.3, 0.4) is 0 Å². The topological polar surface area (TPSA) is 49.8 Å². The zero-order valence-electron chi connectivity index (χ0n) is 15.7. The maximum atomic E-state index is 14.3. The molecule has 2 aromatic rings. The molecule has 158 valence electrons. The molecule has 0 atom stereocenters. The van der Waals surface area contributed by atoms with E-state index >= 15 is 0 Å². The minimum Gasteiger partial charge on any atom is -0.428 e. The zero-order chi connectivity index (χ0) is 20.9. The number of rotatable bonds is 8. The number of benzene rings is 1. The summed E-state index contributed by atoms with van der Waals surface area (Å²) in [5.41, 5.74) is -0.235. The van der Waals surface area contributed by atoms with Gasteiger partial charge in [-0.1, -0.05) is 6.07 Å². The van der Waals surface area contributed by atoms with E-state index < -0.39 is 35.5 Å². The van der Waals surface area contributed by atoms with Crippen LogP contribution >= 0.6 is 0 Å². The Balaban J connectivity index is 1.59. The summed E-state index contributed by atoms with van der Waals surface area (Å²) >= 11 is 0. The van der Waals surface area contributed by atoms with Gasteiger partial charge in [0.2, 0.25) is 0 Å². The van der Waals surface area contributed by atoms with Crippen LogP contribution in [0.25, 0.3) is 0 Å². The predicted octanol–water partition coefficient (Wildman–Crippen LogP) is 4.58. The minimum absolute atomic E-state index is 0.203. The molecular formula is C20H21F4NO4. The van der Waals surface area contributed by atoms with E-state index in [0.29, 0.717) is 50.2 Å². The predicted molar refractivity (Wildman–Crippen MR) is 94.4 cm³/mol. The van der Waals surface area contributed by atoms with E-state index in [9.17, 15) is 17.6 Å². The van der Waals surface area contributed by atoms with Crippen molar-refractivity contribution in [2.45, 2.75) is 25.7 Å². The van der Waals surface area contributed by atoms with Crippen LogP contribution in [0, 0.1) is 17.6 Å². The largest absolute Gasteiger partial charge is 0.444 e. The molecule has 0 N–H and O–H groups in total. The number of halogens is 4. The lowest BCUT2D eigenvalue weighted by Crippen LogP contribution is -2.28. The third-order valence-electron chi connectivity index (χ3n) is 4.28. The Morgan fingerprint density at radius 3 is 2.38 bits per heavy atom. The third-order valence-corrected chi connectivity index (χ3v) is 4.28. The Bertz CT molecular complexity index is 775. The van der Waals surface area contributed by atoms with Crippen LogP contribution in [-0.2, 0) is 20.3 Å². The van der Waals surface area contributed by atoms with Crippen LogP contribution in [-0.4, -0.2) is 31.4 Å². The summed E-state index contributed by atoms with van der Waals surface area (Å²) in [6, 6.07) is 4.33. The van der Waals surface area contributed by atoms with Crippen LogP contribution < -0.4 is 4.74 Å². The second-order valence-electron chi connectivity index (χ2n) is 6.55. The number of alkyl halides is 2. The van der Waals surface area contributed by atoms with E-state index in [1.807, 2.05) is 6.92 Å². The average molecular weight is 415 g/mol. The van der Waals surface area contributed by atoms with Crippen molar-refractivity contribution in [1.29, 1.82) is 0 Å². The van der Waals surface area contributed by atoms with Crippen LogP contribution in [0.2, 0.25) is 0 Å². The molecule has 0 aliphatic carbocycles. The lowest BCUT2D eigenvalue weighted by Gasteiger charge is -2.29. The number of hydrogen-bond donors (Lipinski definition) is 0. The number of pyridine rings is 1. The first-order valence-electron chi connectivity index (χ1n) is 9.17. The lowest BCUT2D eigenvalue weighted by molar-refractivity contribution is -0.207. The fourth-order valence-corrected chi connectivity index (χ4v) is 2.80. The van der Waals surface area contributed by atoms with Gasteiger partial charge in [-0.3, -0.25) is 4.98 Å². The Morgan fingerprint density at radius 1 is 1.10 bits per heavy atom. The van der Waals surface area contributed by atoms with Crippen molar-refractivity contribution in [1.82, 2.24) is 4.98 Å². The monoisotopic (exact) mass is 415 g/mol. The first kappa shape index (κ1) is 21.5. The normalized spacial score (nSPS) is 19.9. The van der Waals surface area contributed by atoms with E-state index in [1.165, 1.54) is 12.3 Å². The van der Waals surface area contributed by atoms with Crippen LogP contribution in [0.15, 0.2) is 36.5 Å². The van der Waals surface area contributed by atoms with Gasteiger partial charge in [0.05, 0.1) is 13.2 Å². The van der Waals surface area contributed by atoms with Crippen molar-refractivity contribution in [3.8, 4) is 5.75 Å². The van der Waals surface area contributed by atoms with Gasteiger partial charge in [-0.25, -0.2) is 8.78 Å². The molecule has 1 fully saturated rings. The Kier molecular flexibility index (Phi) is 7.05. The first-order chi connectivity index (χ1) is 13.9. The molecule has 1 aromatic heterocycles. The molecule has 1 aromatic carbocycles. The summed E-state index contributed by atoms with van der Waals surface area (Å²) in [6.45, 7) is 4.12. The molecule has 1 aliphatic rings. The van der Waals surface area contributed by atoms with Gasteiger partial charge in [0.15, 0.2) is 12.0 Å². The first-order valence-corrected chi connectivity index (χ1v) is 9.17. The van der Waals surface area contributed by atoms with E-state index in [1.54, 1.807) is 0 Å². The van der Waals surface area contributed by atoms with Crippen molar-refractivity contribution in [3.05, 3.63) is 59.4 Å². The van der Waals surface area contributed by atoms with Gasteiger partial charge in [-0.15, -0.1) is 0 Å². The van der Waals surface area contributed by atoms with Gasteiger partial charge < -0.3 is 18.9 Å². The maximum Gasteiger partial charge on any atom is 0.444 e. The van der Waals surface area contributed by atoms with Gasteiger partial charge in [0, 0.05) is 49.1 Å². The van der Waals surface area contributed by atoms with E-state index in [2.05, 4.69) is 9.72 Å². The van der Waals surface area contributed by atoms with E-state index in [-0.39, 0.29) is 5.92 Å². The Hall–Kier alpha value is -2.23. The molecule has 3 rings (SSSR count). The van der Waals surface area contributed by atoms with E-state index in [4.69, 9.17) is 14.2 Å². The SMILES string of the molecule is CCOCCC1COC(c2ccc(C(F)(F)Oc3cc(F)cc(F)c3)nc2)OC1. The van der Waals surface area contributed by atoms with Gasteiger partial charge in [-0.05, 0) is 19.4 Å². The van der Waals surface area contributed by atoms with Gasteiger partial charge in [0.25, 0.3) is 0 Å². The molecule has 9 heteroatoms. The van der Waals surface area contributed by atoms with Crippen molar-refractivity contribution in [3.63, 3.8) is 0 Å². The minimum atomic E-state index is -3.88. The smallest absolute Gasteiger partial charge is 0.428 e. The second kappa shape index (κ2) is 9.51. The van der Waals surface area contributed by atoms with Crippen molar-refractivity contribution < 1.29 is 36.5 Å². The van der Waals surface area contributed by atoms with Gasteiger partial charge in [-0.2, -0.15) is 8.78 Å². The molecule has 1 saturated heterocycles. The highest BCUT2D eigenvalue weighted by molar-refractivity contribution is 5.25. The molecule has 29 heavy (non-hydrogen) atoms. The summed E-state index contributed by atoms with van der Waals surface area (Å²) in [6.07, 6.45) is -2.57. The maximum absolute atomic E-state index is 14.3. The Labute approximate surface area is 165 Å². The molecule has 0 bridgehead atoms. The number of ether oxygens (including phenoxy) is 4. The molecule has 5 nitrogen and oxygen atoms in total. The lowest BCUT2D eigenvalue weighted by atomic mass is 10.1. The quantitative estimate of drug-likeness (QED) is 0.467. The molecule has 0 amide bonds. The molecule has 0 radical (unpaired) electrons. The fourth-order valence-electron chi connectivity index (χ4n) is 2.80. The standard InChI is InChI=1S/C20H21F4NO4/c1-2-26-6-5-13-11-27-19(28-12-13)14-3-4-18(25-10-14)20(23,24)29-17-8-15(21)7-16(22)9-17/h3-4,7-10,13,19H,2,5-6,11-12H2,1H3. The van der Waals surface area contributed by atoms with E-state index in [0.717, 1.165) is 12.5 Å². The zero-order valence-corrected chi connectivity index (χ0v) is 15.7. The number of aromatic nitrogens is 1. The third kappa shape index (κ3) is 5.88. The van der Waals surface area contributed by atoms with Crippen molar-refractivity contribution in [2.24, 2.45) is 5.92 Å². The highest BCUT2D eigenvalue weighted by Gasteiger charge is 2.37. The average Bonchev–Trinajstić information content (AvgIpc) is 2.68. The Morgan fingerprint density at radius 2 is 1.79 bits per heavy atom.